The molecule has 1 saturated heterocycles. The molecular formula is C24H28N8OS. The van der Waals surface area contributed by atoms with E-state index in [4.69, 9.17) is 5.26 Å². The molecule has 1 atom stereocenters. The molecule has 176 valence electrons. The van der Waals surface area contributed by atoms with E-state index in [0.717, 1.165) is 43.6 Å². The summed E-state index contributed by atoms with van der Waals surface area (Å²) in [6.07, 6.45) is 6.36. The van der Waals surface area contributed by atoms with Gasteiger partial charge in [-0.2, -0.15) is 5.26 Å². The van der Waals surface area contributed by atoms with Gasteiger partial charge in [-0.15, -0.1) is 11.3 Å². The van der Waals surface area contributed by atoms with Crippen LogP contribution in [0.25, 0.3) is 0 Å². The zero-order valence-electron chi connectivity index (χ0n) is 19.4. The van der Waals surface area contributed by atoms with E-state index in [1.54, 1.807) is 29.7 Å². The van der Waals surface area contributed by atoms with Crippen molar-refractivity contribution in [2.45, 2.75) is 32.1 Å². The number of aryl methyl sites for hydroxylation is 1. The van der Waals surface area contributed by atoms with Crippen molar-refractivity contribution in [3.05, 3.63) is 58.7 Å². The predicted octanol–water partition coefficient (Wildman–Crippen LogP) is 3.40. The topological polar surface area (TPSA) is 111 Å². The monoisotopic (exact) mass is 476 g/mol. The average Bonchev–Trinajstić information content (AvgIpc) is 3.31. The van der Waals surface area contributed by atoms with E-state index in [1.807, 2.05) is 25.1 Å². The Hall–Kier alpha value is -3.42. The van der Waals surface area contributed by atoms with Gasteiger partial charge < -0.3 is 10.2 Å². The van der Waals surface area contributed by atoms with Crippen LogP contribution in [0.1, 0.15) is 46.3 Å². The first-order valence-corrected chi connectivity index (χ1v) is 12.2. The van der Waals surface area contributed by atoms with Gasteiger partial charge in [0.25, 0.3) is 5.91 Å². The number of aromatic nitrogens is 4. The lowest BCUT2D eigenvalue weighted by molar-refractivity contribution is 0.0792. The fourth-order valence-corrected chi connectivity index (χ4v) is 4.78. The molecular weight excluding hydrogens is 448 g/mol. The highest BCUT2D eigenvalue weighted by Crippen LogP contribution is 2.28. The van der Waals surface area contributed by atoms with Gasteiger partial charge in [0.15, 0.2) is 5.13 Å². The van der Waals surface area contributed by atoms with Crippen LogP contribution in [0, 0.1) is 18.3 Å². The van der Waals surface area contributed by atoms with Crippen LogP contribution in [0.5, 0.6) is 0 Å². The lowest BCUT2D eigenvalue weighted by Gasteiger charge is -2.30. The van der Waals surface area contributed by atoms with E-state index in [1.165, 1.54) is 11.3 Å². The summed E-state index contributed by atoms with van der Waals surface area (Å²) in [7, 11) is 1.79. The number of pyridine rings is 1. The standard InChI is InChI=1S/C24H28N8OS/c1-17-27-20(19-4-3-11-32(15-19)13-8-25)14-22(28-17)30-24-29-21(16-34-24)23(33)31(2)12-7-18-5-9-26-10-6-18/h5-6,9-10,14,16,19H,3-4,7,11-13,15H2,1-2H3,(H,27,28,29,30)/t19-/m1/s1. The number of amides is 1. The van der Waals surface area contributed by atoms with Crippen molar-refractivity contribution in [2.75, 3.05) is 38.5 Å². The molecule has 0 radical (unpaired) electrons. The third kappa shape index (κ3) is 6.12. The van der Waals surface area contributed by atoms with Gasteiger partial charge in [0.1, 0.15) is 17.3 Å². The summed E-state index contributed by atoms with van der Waals surface area (Å²) in [5, 5.41) is 14.7. The minimum atomic E-state index is -0.113. The van der Waals surface area contributed by atoms with Gasteiger partial charge in [-0.05, 0) is 50.4 Å². The Balaban J connectivity index is 1.39. The fourth-order valence-electron chi connectivity index (χ4n) is 4.09. The van der Waals surface area contributed by atoms with Gasteiger partial charge >= 0.3 is 0 Å². The highest BCUT2D eigenvalue weighted by Gasteiger charge is 2.23. The second-order valence-electron chi connectivity index (χ2n) is 8.45. The van der Waals surface area contributed by atoms with Gasteiger partial charge in [-0.25, -0.2) is 15.0 Å². The lowest BCUT2D eigenvalue weighted by Crippen LogP contribution is -2.35. The summed E-state index contributed by atoms with van der Waals surface area (Å²) in [5.41, 5.74) is 2.52. The van der Waals surface area contributed by atoms with E-state index in [-0.39, 0.29) is 11.8 Å². The summed E-state index contributed by atoms with van der Waals surface area (Å²) >= 11 is 1.38. The summed E-state index contributed by atoms with van der Waals surface area (Å²) in [6.45, 7) is 4.69. The predicted molar refractivity (Wildman–Crippen MR) is 131 cm³/mol. The zero-order chi connectivity index (χ0) is 23.9. The van der Waals surface area contributed by atoms with E-state index in [0.29, 0.717) is 35.6 Å². The number of hydrogen-bond acceptors (Lipinski definition) is 9. The van der Waals surface area contributed by atoms with Gasteiger partial charge in [0.05, 0.1) is 18.3 Å². The van der Waals surface area contributed by atoms with Gasteiger partial charge in [-0.3, -0.25) is 14.7 Å². The van der Waals surface area contributed by atoms with Crippen molar-refractivity contribution in [2.24, 2.45) is 0 Å². The molecule has 9 nitrogen and oxygen atoms in total. The number of hydrogen-bond donors (Lipinski definition) is 1. The largest absolute Gasteiger partial charge is 0.340 e. The van der Waals surface area contributed by atoms with Crippen LogP contribution >= 0.6 is 11.3 Å². The molecule has 1 aliphatic rings. The molecule has 1 amide bonds. The Morgan fingerprint density at radius 2 is 2.15 bits per heavy atom. The number of anilines is 2. The summed E-state index contributed by atoms with van der Waals surface area (Å²) in [6, 6.07) is 8.10. The maximum atomic E-state index is 12.8. The number of piperidine rings is 1. The van der Waals surface area contributed by atoms with E-state index in [2.05, 4.69) is 36.2 Å². The van der Waals surface area contributed by atoms with Crippen LogP contribution in [0.3, 0.4) is 0 Å². The number of thiazole rings is 1. The quantitative estimate of drug-likeness (QED) is 0.493. The van der Waals surface area contributed by atoms with Crippen molar-refractivity contribution in [3.8, 4) is 6.07 Å². The van der Waals surface area contributed by atoms with Gasteiger partial charge in [0, 0.05) is 49.9 Å². The Bertz CT molecular complexity index is 1160. The number of likely N-dealkylation sites (tertiary alicyclic amines) is 1. The lowest BCUT2D eigenvalue weighted by atomic mass is 9.94. The normalized spacial score (nSPS) is 16.1. The molecule has 1 N–H and O–H groups in total. The first kappa shape index (κ1) is 23.7. The summed E-state index contributed by atoms with van der Waals surface area (Å²) < 4.78 is 0. The molecule has 10 heteroatoms. The molecule has 1 aliphatic heterocycles. The number of rotatable bonds is 8. The minimum absolute atomic E-state index is 0.113. The number of nitrogens with zero attached hydrogens (tertiary/aromatic N) is 7. The minimum Gasteiger partial charge on any atom is -0.340 e. The van der Waals surface area contributed by atoms with Crippen LogP contribution in [0.2, 0.25) is 0 Å². The Morgan fingerprint density at radius 1 is 1.32 bits per heavy atom. The van der Waals surface area contributed by atoms with Crippen LogP contribution < -0.4 is 5.32 Å². The first-order valence-electron chi connectivity index (χ1n) is 11.3. The maximum Gasteiger partial charge on any atom is 0.273 e. The Kier molecular flexibility index (Phi) is 7.77. The molecule has 34 heavy (non-hydrogen) atoms. The van der Waals surface area contributed by atoms with E-state index < -0.39 is 0 Å². The second-order valence-corrected chi connectivity index (χ2v) is 9.31. The third-order valence-corrected chi connectivity index (χ3v) is 6.62. The van der Waals surface area contributed by atoms with E-state index in [9.17, 15) is 4.79 Å². The molecule has 0 aliphatic carbocycles. The van der Waals surface area contributed by atoms with E-state index >= 15 is 0 Å². The molecule has 0 unspecified atom stereocenters. The molecule has 3 aromatic rings. The van der Waals surface area contributed by atoms with Gasteiger partial charge in [-0.1, -0.05) is 0 Å². The molecule has 0 aromatic carbocycles. The number of nitrogens with one attached hydrogen (secondary N) is 1. The molecule has 1 fully saturated rings. The van der Waals surface area contributed by atoms with Crippen molar-refractivity contribution < 1.29 is 4.79 Å². The third-order valence-electron chi connectivity index (χ3n) is 5.87. The number of nitriles is 1. The Labute approximate surface area is 203 Å². The Morgan fingerprint density at radius 3 is 2.94 bits per heavy atom. The summed E-state index contributed by atoms with van der Waals surface area (Å²) in [5.74, 6) is 1.50. The molecule has 4 rings (SSSR count). The maximum absolute atomic E-state index is 12.8. The van der Waals surface area contributed by atoms with Crippen molar-refractivity contribution in [1.82, 2.24) is 29.7 Å². The highest BCUT2D eigenvalue weighted by molar-refractivity contribution is 7.14. The zero-order valence-corrected chi connectivity index (χ0v) is 20.3. The van der Waals surface area contributed by atoms with Gasteiger partial charge in [0.2, 0.25) is 0 Å². The molecule has 3 aromatic heterocycles. The first-order chi connectivity index (χ1) is 16.5. The molecule has 4 heterocycles. The highest BCUT2D eigenvalue weighted by atomic mass is 32.1. The van der Waals surface area contributed by atoms with Crippen molar-refractivity contribution in [1.29, 1.82) is 5.26 Å². The number of carbonyl (C=O) groups excluding carboxylic acids is 1. The molecule has 0 bridgehead atoms. The van der Waals surface area contributed by atoms with Crippen LogP contribution in [0.15, 0.2) is 36.0 Å². The second kappa shape index (κ2) is 11.1. The fraction of sp³-hybridized carbons (Fsp3) is 0.417. The number of carbonyl (C=O) groups is 1. The molecule has 0 spiro atoms. The molecule has 0 saturated carbocycles. The smallest absolute Gasteiger partial charge is 0.273 e. The van der Waals surface area contributed by atoms with Crippen LogP contribution in [-0.4, -0.2) is 68.9 Å². The van der Waals surface area contributed by atoms with Crippen molar-refractivity contribution >= 4 is 28.2 Å². The summed E-state index contributed by atoms with van der Waals surface area (Å²) in [4.78, 5) is 34.3. The SMILES string of the molecule is Cc1nc(Nc2nc(C(=O)N(C)CCc3ccncc3)cs2)cc([C@@H]2CCCN(CC#N)C2)n1. The number of likely N-dealkylation sites (N-methyl/N-ethyl adjacent to an activating group) is 1. The van der Waals surface area contributed by atoms with Crippen LogP contribution in [-0.2, 0) is 6.42 Å². The average molecular weight is 477 g/mol. The van der Waals surface area contributed by atoms with Crippen LogP contribution in [0.4, 0.5) is 10.9 Å². The van der Waals surface area contributed by atoms with Crippen molar-refractivity contribution in [3.63, 3.8) is 0 Å².